The number of hydrogen-bond donors (Lipinski definition) is 1. The van der Waals surface area contributed by atoms with E-state index in [0.29, 0.717) is 29.6 Å². The van der Waals surface area contributed by atoms with Gasteiger partial charge in [-0.05, 0) is 57.0 Å². The number of fused-ring (bicyclic) bond motifs is 1. The van der Waals surface area contributed by atoms with Crippen molar-refractivity contribution in [2.75, 3.05) is 11.9 Å². The Bertz CT molecular complexity index is 1220. The number of oxazole rings is 1. The van der Waals surface area contributed by atoms with Crippen molar-refractivity contribution in [3.63, 3.8) is 0 Å². The first-order valence-corrected chi connectivity index (χ1v) is 10.8. The van der Waals surface area contributed by atoms with E-state index in [1.165, 1.54) is 0 Å². The van der Waals surface area contributed by atoms with Gasteiger partial charge in [0.05, 0.1) is 11.6 Å². The molecule has 1 aliphatic heterocycles. The maximum atomic E-state index is 13.6. The number of nitrogens with one attached hydrogen (secondary N) is 1. The van der Waals surface area contributed by atoms with Gasteiger partial charge in [0.2, 0.25) is 0 Å². The summed E-state index contributed by atoms with van der Waals surface area (Å²) in [7, 11) is 0. The zero-order chi connectivity index (χ0) is 22.1. The average molecular weight is 428 g/mol. The third-order valence-corrected chi connectivity index (χ3v) is 5.90. The van der Waals surface area contributed by atoms with Crippen LogP contribution in [0.5, 0.6) is 0 Å². The highest BCUT2D eigenvalue weighted by molar-refractivity contribution is 5.98. The van der Waals surface area contributed by atoms with E-state index < -0.39 is 0 Å². The molecule has 3 aromatic heterocycles. The van der Waals surface area contributed by atoms with E-state index in [4.69, 9.17) is 4.42 Å². The Morgan fingerprint density at radius 1 is 1.09 bits per heavy atom. The number of carbonyl (C=O) groups excluding carboxylic acids is 1. The van der Waals surface area contributed by atoms with Crippen LogP contribution >= 0.6 is 0 Å². The van der Waals surface area contributed by atoms with Crippen molar-refractivity contribution in [1.82, 2.24) is 24.8 Å². The number of aryl methyl sites for hydroxylation is 1. The van der Waals surface area contributed by atoms with Gasteiger partial charge in [-0.15, -0.1) is 0 Å². The van der Waals surface area contributed by atoms with Crippen LogP contribution in [0.15, 0.2) is 59.3 Å². The van der Waals surface area contributed by atoms with Crippen LogP contribution in [0, 0.1) is 6.92 Å². The Morgan fingerprint density at radius 3 is 2.72 bits per heavy atom. The second-order valence-corrected chi connectivity index (χ2v) is 8.04. The molecule has 1 fully saturated rings. The zero-order valence-electron chi connectivity index (χ0n) is 18.0. The minimum Gasteiger partial charge on any atom is -0.424 e. The molecule has 1 saturated heterocycles. The Labute approximate surface area is 185 Å². The van der Waals surface area contributed by atoms with E-state index >= 15 is 0 Å². The van der Waals surface area contributed by atoms with Crippen LogP contribution in [-0.2, 0) is 0 Å². The monoisotopic (exact) mass is 428 g/mol. The first kappa shape index (κ1) is 20.1. The lowest BCUT2D eigenvalue weighted by molar-refractivity contribution is 0.0610. The van der Waals surface area contributed by atoms with Crippen molar-refractivity contribution >= 4 is 23.0 Å². The molecule has 8 nitrogen and oxygen atoms in total. The quantitative estimate of drug-likeness (QED) is 0.523. The molecule has 0 saturated carbocycles. The van der Waals surface area contributed by atoms with Gasteiger partial charge in [0.15, 0.2) is 11.4 Å². The molecule has 0 bridgehead atoms. The topological polar surface area (TPSA) is 97.0 Å². The lowest BCUT2D eigenvalue weighted by Crippen LogP contribution is -2.52. The number of aromatic nitrogens is 4. The summed E-state index contributed by atoms with van der Waals surface area (Å²) in [5, 5.41) is 3.40. The molecule has 1 N–H and O–H groups in total. The van der Waals surface area contributed by atoms with Crippen molar-refractivity contribution in [1.29, 1.82) is 0 Å². The summed E-state index contributed by atoms with van der Waals surface area (Å²) in [4.78, 5) is 33.3. The van der Waals surface area contributed by atoms with Crippen molar-refractivity contribution in [2.45, 2.75) is 38.8 Å². The van der Waals surface area contributed by atoms with Crippen molar-refractivity contribution in [3.05, 3.63) is 66.2 Å². The molecule has 1 aromatic carbocycles. The number of pyridine rings is 1. The number of amides is 1. The maximum Gasteiger partial charge on any atom is 0.295 e. The number of likely N-dealkylation sites (tertiary alicyclic amines) is 1. The Balaban J connectivity index is 1.41. The summed E-state index contributed by atoms with van der Waals surface area (Å²) >= 11 is 0. The fourth-order valence-electron chi connectivity index (χ4n) is 4.19. The normalized spacial score (nSPS) is 18.6. The van der Waals surface area contributed by atoms with Gasteiger partial charge in [0.1, 0.15) is 11.2 Å². The second-order valence-electron chi connectivity index (χ2n) is 8.04. The molecular weight excluding hydrogens is 404 g/mol. The van der Waals surface area contributed by atoms with Crippen LogP contribution in [0.3, 0.4) is 0 Å². The van der Waals surface area contributed by atoms with E-state index in [0.717, 1.165) is 29.6 Å². The van der Waals surface area contributed by atoms with Gasteiger partial charge in [-0.3, -0.25) is 4.79 Å². The van der Waals surface area contributed by atoms with E-state index in [1.807, 2.05) is 55.1 Å². The van der Waals surface area contributed by atoms with Gasteiger partial charge >= 0.3 is 0 Å². The first-order valence-electron chi connectivity index (χ1n) is 10.8. The number of hydrogen-bond acceptors (Lipinski definition) is 7. The number of anilines is 1. The Kier molecular flexibility index (Phi) is 5.26. The summed E-state index contributed by atoms with van der Waals surface area (Å²) in [5.74, 6) is 0.377. The standard InChI is InChI=1S/C24H24N6O2/c1-15-10-11-17(22-25-12-6-13-26-22)21(27-15)23(31)30-14-5-8-18(16(30)2)28-24-29-19-7-3-4-9-20(19)32-24/h3-4,6-7,9-13,16,18H,5,8,14H2,1-2H3,(H,28,29)/t16-,18+/m0/s1. The molecule has 4 aromatic rings. The number of nitrogens with zero attached hydrogens (tertiary/aromatic N) is 5. The molecule has 0 aliphatic carbocycles. The molecule has 162 valence electrons. The number of carbonyl (C=O) groups is 1. The van der Waals surface area contributed by atoms with Crippen molar-refractivity contribution < 1.29 is 9.21 Å². The second kappa shape index (κ2) is 8.37. The molecule has 1 amide bonds. The lowest BCUT2D eigenvalue weighted by Gasteiger charge is -2.39. The molecule has 0 radical (unpaired) electrons. The predicted octanol–water partition coefficient (Wildman–Crippen LogP) is 4.09. The van der Waals surface area contributed by atoms with Crippen LogP contribution in [-0.4, -0.2) is 49.4 Å². The van der Waals surface area contributed by atoms with Crippen LogP contribution in [0.2, 0.25) is 0 Å². The van der Waals surface area contributed by atoms with Crippen LogP contribution in [0.25, 0.3) is 22.5 Å². The predicted molar refractivity (Wildman–Crippen MR) is 121 cm³/mol. The Hall–Kier alpha value is -3.81. The number of benzene rings is 1. The zero-order valence-corrected chi connectivity index (χ0v) is 18.0. The van der Waals surface area contributed by atoms with Crippen molar-refractivity contribution in [2.24, 2.45) is 0 Å². The number of rotatable bonds is 4. The summed E-state index contributed by atoms with van der Waals surface area (Å²) in [6.45, 7) is 4.59. The van der Waals surface area contributed by atoms with Gasteiger partial charge < -0.3 is 14.6 Å². The lowest BCUT2D eigenvalue weighted by atomic mass is 9.96. The molecule has 32 heavy (non-hydrogen) atoms. The molecule has 1 aliphatic rings. The SMILES string of the molecule is Cc1ccc(-c2ncccn2)c(C(=O)N2CCC[C@@H](Nc3nc4ccccc4o3)[C@@H]2C)n1. The van der Waals surface area contributed by atoms with Gasteiger partial charge in [0.25, 0.3) is 11.9 Å². The molecule has 5 rings (SSSR count). The largest absolute Gasteiger partial charge is 0.424 e. The van der Waals surface area contributed by atoms with Gasteiger partial charge in [0, 0.05) is 30.7 Å². The fourth-order valence-corrected chi connectivity index (χ4v) is 4.19. The van der Waals surface area contributed by atoms with Crippen LogP contribution in [0.4, 0.5) is 6.01 Å². The highest BCUT2D eigenvalue weighted by Gasteiger charge is 2.34. The Morgan fingerprint density at radius 2 is 1.91 bits per heavy atom. The summed E-state index contributed by atoms with van der Waals surface area (Å²) in [6.07, 6.45) is 5.12. The van der Waals surface area contributed by atoms with E-state index in [2.05, 4.69) is 25.3 Å². The highest BCUT2D eigenvalue weighted by Crippen LogP contribution is 2.27. The summed E-state index contributed by atoms with van der Waals surface area (Å²) in [6, 6.07) is 13.6. The van der Waals surface area contributed by atoms with Gasteiger partial charge in [-0.1, -0.05) is 12.1 Å². The maximum absolute atomic E-state index is 13.6. The summed E-state index contributed by atoms with van der Waals surface area (Å²) < 4.78 is 5.84. The smallest absolute Gasteiger partial charge is 0.295 e. The summed E-state index contributed by atoms with van der Waals surface area (Å²) in [5.41, 5.74) is 3.34. The minimum atomic E-state index is -0.118. The van der Waals surface area contributed by atoms with E-state index in [1.54, 1.807) is 18.5 Å². The number of piperidine rings is 1. The molecule has 8 heteroatoms. The number of para-hydroxylation sites is 2. The van der Waals surface area contributed by atoms with E-state index in [-0.39, 0.29) is 18.0 Å². The van der Waals surface area contributed by atoms with Crippen molar-refractivity contribution in [3.8, 4) is 11.4 Å². The first-order chi connectivity index (χ1) is 15.6. The average Bonchev–Trinajstić information content (AvgIpc) is 3.23. The highest BCUT2D eigenvalue weighted by atomic mass is 16.4. The fraction of sp³-hybridized carbons (Fsp3) is 0.292. The van der Waals surface area contributed by atoms with Gasteiger partial charge in [-0.25, -0.2) is 15.0 Å². The molecule has 4 heterocycles. The van der Waals surface area contributed by atoms with Crippen LogP contribution < -0.4 is 5.32 Å². The molecule has 2 atom stereocenters. The van der Waals surface area contributed by atoms with Crippen LogP contribution in [0.1, 0.15) is 35.9 Å². The third kappa shape index (κ3) is 3.79. The molecule has 0 spiro atoms. The molecule has 0 unspecified atom stereocenters. The molecular formula is C24H24N6O2. The van der Waals surface area contributed by atoms with E-state index in [9.17, 15) is 4.79 Å². The third-order valence-electron chi connectivity index (χ3n) is 5.90. The van der Waals surface area contributed by atoms with Gasteiger partial charge in [-0.2, -0.15) is 4.98 Å². The minimum absolute atomic E-state index is 0.0157.